The largest absolute Gasteiger partial charge is 0.337 e. The van der Waals surface area contributed by atoms with Crippen molar-refractivity contribution >= 4 is 29.0 Å². The highest BCUT2D eigenvalue weighted by atomic mass is 32.2. The minimum absolute atomic E-state index is 0.0740. The maximum Gasteiger partial charge on any atom is 0.271 e. The second-order valence-electron chi connectivity index (χ2n) is 5.78. The van der Waals surface area contributed by atoms with Crippen LogP contribution in [0.25, 0.3) is 11.3 Å². The van der Waals surface area contributed by atoms with Gasteiger partial charge in [0, 0.05) is 17.7 Å². The van der Waals surface area contributed by atoms with Gasteiger partial charge in [0.05, 0.1) is 28.3 Å². The zero-order chi connectivity index (χ0) is 19.4. The van der Waals surface area contributed by atoms with Crippen LogP contribution in [0, 0.1) is 17.0 Å². The van der Waals surface area contributed by atoms with E-state index in [0.717, 1.165) is 16.8 Å². The fourth-order valence-corrected chi connectivity index (χ4v) is 3.10. The lowest BCUT2D eigenvalue weighted by Gasteiger charge is -2.08. The molecule has 1 heterocycles. The minimum atomic E-state index is -0.500. The van der Waals surface area contributed by atoms with Gasteiger partial charge in [-0.1, -0.05) is 48.2 Å². The number of hydrogen-bond donors (Lipinski definition) is 2. The van der Waals surface area contributed by atoms with Gasteiger partial charge in [-0.05, 0) is 12.5 Å². The van der Waals surface area contributed by atoms with E-state index in [1.807, 2.05) is 30.3 Å². The number of rotatable bonds is 6. The molecule has 2 aromatic carbocycles. The molecule has 0 radical (unpaired) electrons. The van der Waals surface area contributed by atoms with E-state index in [1.165, 1.54) is 28.6 Å². The molecule has 0 atom stereocenters. The summed E-state index contributed by atoms with van der Waals surface area (Å²) in [5.41, 5.74) is 2.73. The first-order valence-corrected chi connectivity index (χ1v) is 9.00. The number of nitrogens with one attached hydrogen (secondary N) is 1. The predicted molar refractivity (Wildman–Crippen MR) is 105 cm³/mol. The van der Waals surface area contributed by atoms with E-state index >= 15 is 0 Å². The lowest BCUT2D eigenvalue weighted by atomic mass is 10.2. The summed E-state index contributed by atoms with van der Waals surface area (Å²) < 4.78 is 1.37. The smallest absolute Gasteiger partial charge is 0.271 e. The summed E-state index contributed by atoms with van der Waals surface area (Å²) in [5, 5.41) is 14.1. The molecule has 0 fully saturated rings. The number of thioether (sulfide) groups is 1. The number of nitrogen functional groups attached to an aromatic ring is 1. The van der Waals surface area contributed by atoms with Crippen molar-refractivity contribution < 1.29 is 9.72 Å². The van der Waals surface area contributed by atoms with Crippen LogP contribution in [-0.2, 0) is 4.79 Å². The van der Waals surface area contributed by atoms with Gasteiger partial charge in [-0.15, -0.1) is 0 Å². The van der Waals surface area contributed by atoms with Crippen molar-refractivity contribution in [1.29, 1.82) is 0 Å². The monoisotopic (exact) mass is 383 g/mol. The van der Waals surface area contributed by atoms with Crippen LogP contribution in [0.1, 0.15) is 5.56 Å². The van der Waals surface area contributed by atoms with Gasteiger partial charge in [0.1, 0.15) is 0 Å². The Morgan fingerprint density at radius 2 is 2.04 bits per heavy atom. The molecule has 27 heavy (non-hydrogen) atoms. The molecule has 0 spiro atoms. The number of aryl methyl sites for hydroxylation is 1. The summed E-state index contributed by atoms with van der Waals surface area (Å²) in [6, 6.07) is 13.9. The van der Waals surface area contributed by atoms with E-state index < -0.39 is 4.92 Å². The molecule has 3 aromatic rings. The molecule has 0 saturated heterocycles. The van der Waals surface area contributed by atoms with Crippen molar-refractivity contribution in [2.75, 3.05) is 16.9 Å². The summed E-state index contributed by atoms with van der Waals surface area (Å²) in [4.78, 5) is 27.1. The Kier molecular flexibility index (Phi) is 5.41. The SMILES string of the molecule is Cc1ccc([N+](=O)[O-])cc1NC(=O)CSc1nc(-c2ccccc2)cn1N. The average molecular weight is 383 g/mol. The number of hydrogen-bond acceptors (Lipinski definition) is 6. The molecule has 0 bridgehead atoms. The molecule has 9 heteroatoms. The molecule has 0 aliphatic carbocycles. The molecular formula is C18H17N5O3S. The highest BCUT2D eigenvalue weighted by Gasteiger charge is 2.13. The van der Waals surface area contributed by atoms with Gasteiger partial charge in [-0.2, -0.15) is 0 Å². The van der Waals surface area contributed by atoms with Gasteiger partial charge < -0.3 is 11.2 Å². The van der Waals surface area contributed by atoms with Crippen molar-refractivity contribution in [3.05, 3.63) is 70.4 Å². The molecule has 8 nitrogen and oxygen atoms in total. The van der Waals surface area contributed by atoms with Crippen LogP contribution in [-0.4, -0.2) is 26.2 Å². The number of anilines is 1. The average Bonchev–Trinajstić information content (AvgIpc) is 3.03. The van der Waals surface area contributed by atoms with Gasteiger partial charge in [0.15, 0.2) is 5.16 Å². The van der Waals surface area contributed by atoms with E-state index in [2.05, 4.69) is 10.3 Å². The quantitative estimate of drug-likeness (QED) is 0.292. The molecule has 3 rings (SSSR count). The maximum atomic E-state index is 12.2. The van der Waals surface area contributed by atoms with E-state index in [-0.39, 0.29) is 17.3 Å². The zero-order valence-electron chi connectivity index (χ0n) is 14.5. The number of aromatic nitrogens is 2. The summed E-state index contributed by atoms with van der Waals surface area (Å²) >= 11 is 1.19. The Balaban J connectivity index is 1.66. The number of non-ortho nitro benzene ring substituents is 1. The van der Waals surface area contributed by atoms with Gasteiger partial charge in [0.25, 0.3) is 5.69 Å². The lowest BCUT2D eigenvalue weighted by molar-refractivity contribution is -0.384. The number of amides is 1. The fraction of sp³-hybridized carbons (Fsp3) is 0.111. The molecule has 0 aliphatic rings. The highest BCUT2D eigenvalue weighted by Crippen LogP contribution is 2.24. The molecule has 0 aliphatic heterocycles. The van der Waals surface area contributed by atoms with Crippen LogP contribution in [0.3, 0.4) is 0 Å². The molecule has 0 unspecified atom stereocenters. The van der Waals surface area contributed by atoms with Gasteiger partial charge in [-0.3, -0.25) is 14.9 Å². The first-order valence-electron chi connectivity index (χ1n) is 8.01. The molecular weight excluding hydrogens is 366 g/mol. The standard InChI is InChI=1S/C18H17N5O3S/c1-12-7-8-14(23(25)26)9-15(12)20-17(24)11-27-18-21-16(10-22(18)19)13-5-3-2-4-6-13/h2-10H,11,19H2,1H3,(H,20,24). The van der Waals surface area contributed by atoms with Crippen LogP contribution in [0.15, 0.2) is 59.9 Å². The van der Waals surface area contributed by atoms with E-state index in [0.29, 0.717) is 10.8 Å². The summed E-state index contributed by atoms with van der Waals surface area (Å²) in [5.74, 6) is 5.70. The number of carbonyl (C=O) groups excluding carboxylic acids is 1. The van der Waals surface area contributed by atoms with Crippen molar-refractivity contribution in [2.45, 2.75) is 12.1 Å². The number of nitro groups is 1. The van der Waals surface area contributed by atoms with Crippen molar-refractivity contribution in [2.24, 2.45) is 0 Å². The molecule has 3 N–H and O–H groups in total. The highest BCUT2D eigenvalue weighted by molar-refractivity contribution is 7.99. The third kappa shape index (κ3) is 4.45. The predicted octanol–water partition coefficient (Wildman–Crippen LogP) is 3.21. The van der Waals surface area contributed by atoms with Crippen LogP contribution >= 0.6 is 11.8 Å². The van der Waals surface area contributed by atoms with Gasteiger partial charge in [-0.25, -0.2) is 9.66 Å². The normalized spacial score (nSPS) is 10.6. The Morgan fingerprint density at radius 3 is 2.74 bits per heavy atom. The Bertz CT molecular complexity index is 988. The molecule has 138 valence electrons. The summed E-state index contributed by atoms with van der Waals surface area (Å²) in [6.07, 6.45) is 1.69. The minimum Gasteiger partial charge on any atom is -0.337 e. The van der Waals surface area contributed by atoms with E-state index in [9.17, 15) is 14.9 Å². The molecule has 1 amide bonds. The van der Waals surface area contributed by atoms with Crippen LogP contribution in [0.4, 0.5) is 11.4 Å². The molecule has 1 aromatic heterocycles. The van der Waals surface area contributed by atoms with Crippen LogP contribution in [0.2, 0.25) is 0 Å². The second-order valence-corrected chi connectivity index (χ2v) is 6.72. The number of nitrogens with two attached hydrogens (primary N) is 1. The Morgan fingerprint density at radius 1 is 1.30 bits per heavy atom. The van der Waals surface area contributed by atoms with E-state index in [1.54, 1.807) is 19.2 Å². The first-order chi connectivity index (χ1) is 12.9. The third-order valence-electron chi connectivity index (χ3n) is 3.81. The number of carbonyl (C=O) groups is 1. The maximum absolute atomic E-state index is 12.2. The number of nitrogens with zero attached hydrogens (tertiary/aromatic N) is 3. The molecule has 0 saturated carbocycles. The number of imidazole rings is 1. The lowest BCUT2D eigenvalue weighted by Crippen LogP contribution is -2.16. The van der Waals surface area contributed by atoms with Crippen LogP contribution < -0.4 is 11.2 Å². The number of benzene rings is 2. The Hall–Kier alpha value is -3.33. The summed E-state index contributed by atoms with van der Waals surface area (Å²) in [6.45, 7) is 1.77. The van der Waals surface area contributed by atoms with Crippen molar-refractivity contribution in [3.8, 4) is 11.3 Å². The number of nitro benzene ring substituents is 1. The summed E-state index contributed by atoms with van der Waals surface area (Å²) in [7, 11) is 0. The third-order valence-corrected chi connectivity index (χ3v) is 4.77. The van der Waals surface area contributed by atoms with Gasteiger partial charge >= 0.3 is 0 Å². The zero-order valence-corrected chi connectivity index (χ0v) is 15.3. The Labute approximate surface area is 159 Å². The van der Waals surface area contributed by atoms with Crippen molar-refractivity contribution in [3.63, 3.8) is 0 Å². The fourth-order valence-electron chi connectivity index (χ4n) is 2.41. The van der Waals surface area contributed by atoms with Crippen molar-refractivity contribution in [1.82, 2.24) is 9.66 Å². The topological polar surface area (TPSA) is 116 Å². The van der Waals surface area contributed by atoms with Gasteiger partial charge in [0.2, 0.25) is 5.91 Å². The second kappa shape index (κ2) is 7.92. The first kappa shape index (κ1) is 18.5. The van der Waals surface area contributed by atoms with Crippen LogP contribution in [0.5, 0.6) is 0 Å². The van der Waals surface area contributed by atoms with E-state index in [4.69, 9.17) is 5.84 Å².